The van der Waals surface area contributed by atoms with Crippen molar-refractivity contribution in [3.05, 3.63) is 59.2 Å². The van der Waals surface area contributed by atoms with Crippen molar-refractivity contribution in [2.24, 2.45) is 0 Å². The van der Waals surface area contributed by atoms with Crippen molar-refractivity contribution < 1.29 is 24.5 Å². The maximum Gasteiger partial charge on any atom is 0.335 e. The van der Waals surface area contributed by atoms with Gasteiger partial charge in [-0.25, -0.2) is 4.79 Å². The Balaban J connectivity index is 2.11. The third-order valence-corrected chi connectivity index (χ3v) is 2.76. The first kappa shape index (κ1) is 13.6. The van der Waals surface area contributed by atoms with E-state index in [9.17, 15) is 14.7 Å². The quantitative estimate of drug-likeness (QED) is 0.817. The van der Waals surface area contributed by atoms with E-state index in [4.69, 9.17) is 9.84 Å². The standard InChI is InChI=1S/C15H12O5/c16-8-12-13(17)2-1-3-14(12)20-9-10-4-6-11(7-5-10)15(18)19/h1-8,17H,9H2,(H,18,19). The molecule has 0 unspecified atom stereocenters. The molecule has 0 aliphatic rings. The molecular formula is C15H12O5. The number of carbonyl (C=O) groups is 2. The number of aromatic carboxylic acids is 1. The number of carboxylic acid groups (broad SMARTS) is 1. The monoisotopic (exact) mass is 272 g/mol. The van der Waals surface area contributed by atoms with Gasteiger partial charge in [-0.15, -0.1) is 0 Å². The van der Waals surface area contributed by atoms with Crippen molar-refractivity contribution in [1.29, 1.82) is 0 Å². The Morgan fingerprint density at radius 3 is 2.45 bits per heavy atom. The van der Waals surface area contributed by atoms with E-state index in [-0.39, 0.29) is 29.2 Å². The summed E-state index contributed by atoms with van der Waals surface area (Å²) in [7, 11) is 0. The van der Waals surface area contributed by atoms with E-state index in [1.807, 2.05) is 0 Å². The largest absolute Gasteiger partial charge is 0.507 e. The number of carboxylic acids is 1. The number of rotatable bonds is 5. The summed E-state index contributed by atoms with van der Waals surface area (Å²) < 4.78 is 5.46. The van der Waals surface area contributed by atoms with Gasteiger partial charge in [0, 0.05) is 0 Å². The summed E-state index contributed by atoms with van der Waals surface area (Å²) in [6.07, 6.45) is 0.526. The second-order valence-electron chi connectivity index (χ2n) is 4.10. The van der Waals surface area contributed by atoms with Crippen molar-refractivity contribution in [2.75, 3.05) is 0 Å². The minimum Gasteiger partial charge on any atom is -0.507 e. The van der Waals surface area contributed by atoms with Crippen LogP contribution in [0.2, 0.25) is 0 Å². The molecule has 0 spiro atoms. The molecule has 5 heteroatoms. The lowest BCUT2D eigenvalue weighted by Crippen LogP contribution is -2.00. The zero-order valence-corrected chi connectivity index (χ0v) is 10.4. The van der Waals surface area contributed by atoms with Gasteiger partial charge < -0.3 is 14.9 Å². The number of aldehydes is 1. The number of carbonyl (C=O) groups excluding carboxylic acids is 1. The molecule has 0 radical (unpaired) electrons. The summed E-state index contributed by atoms with van der Waals surface area (Å²) in [5.74, 6) is -0.852. The second-order valence-corrected chi connectivity index (χ2v) is 4.10. The van der Waals surface area contributed by atoms with E-state index < -0.39 is 5.97 Å². The second kappa shape index (κ2) is 5.88. The Morgan fingerprint density at radius 2 is 1.85 bits per heavy atom. The molecule has 102 valence electrons. The smallest absolute Gasteiger partial charge is 0.335 e. The number of ether oxygens (including phenoxy) is 1. The van der Waals surface area contributed by atoms with Gasteiger partial charge in [0.05, 0.1) is 11.1 Å². The first-order chi connectivity index (χ1) is 9.61. The molecule has 0 aliphatic carbocycles. The van der Waals surface area contributed by atoms with Crippen LogP contribution in [0.25, 0.3) is 0 Å². The zero-order chi connectivity index (χ0) is 14.5. The molecule has 5 nitrogen and oxygen atoms in total. The zero-order valence-electron chi connectivity index (χ0n) is 10.4. The van der Waals surface area contributed by atoms with Gasteiger partial charge in [-0.2, -0.15) is 0 Å². The molecule has 0 fully saturated rings. The Hall–Kier alpha value is -2.82. The van der Waals surface area contributed by atoms with Crippen LogP contribution in [0.1, 0.15) is 26.3 Å². The predicted molar refractivity (Wildman–Crippen MR) is 71.2 cm³/mol. The van der Waals surface area contributed by atoms with Crippen LogP contribution < -0.4 is 4.74 Å². The lowest BCUT2D eigenvalue weighted by molar-refractivity contribution is 0.0696. The topological polar surface area (TPSA) is 83.8 Å². The maximum absolute atomic E-state index is 10.9. The predicted octanol–water partition coefficient (Wildman–Crippen LogP) is 2.48. The van der Waals surface area contributed by atoms with Gasteiger partial charge in [0.15, 0.2) is 6.29 Å². The highest BCUT2D eigenvalue weighted by Gasteiger charge is 2.08. The maximum atomic E-state index is 10.9. The fourth-order valence-corrected chi connectivity index (χ4v) is 1.68. The van der Waals surface area contributed by atoms with Gasteiger partial charge in [-0.05, 0) is 29.8 Å². The number of benzene rings is 2. The highest BCUT2D eigenvalue weighted by molar-refractivity contribution is 5.87. The summed E-state index contributed by atoms with van der Waals surface area (Å²) in [4.78, 5) is 21.6. The lowest BCUT2D eigenvalue weighted by atomic mass is 10.1. The average molecular weight is 272 g/mol. The molecule has 0 aliphatic heterocycles. The van der Waals surface area contributed by atoms with Crippen LogP contribution in [-0.4, -0.2) is 22.5 Å². The van der Waals surface area contributed by atoms with Gasteiger partial charge in [-0.1, -0.05) is 18.2 Å². The SMILES string of the molecule is O=Cc1c(O)cccc1OCc1ccc(C(=O)O)cc1. The first-order valence-electron chi connectivity index (χ1n) is 5.84. The van der Waals surface area contributed by atoms with Crippen LogP contribution in [0.4, 0.5) is 0 Å². The minimum absolute atomic E-state index is 0.0923. The van der Waals surface area contributed by atoms with Crippen molar-refractivity contribution in [3.63, 3.8) is 0 Å². The van der Waals surface area contributed by atoms with Crippen LogP contribution in [0, 0.1) is 0 Å². The molecule has 2 aromatic carbocycles. The van der Waals surface area contributed by atoms with Crippen LogP contribution >= 0.6 is 0 Å². The van der Waals surface area contributed by atoms with Crippen LogP contribution in [-0.2, 0) is 6.61 Å². The van der Waals surface area contributed by atoms with Crippen LogP contribution in [0.3, 0.4) is 0 Å². The Kier molecular flexibility index (Phi) is 4.00. The van der Waals surface area contributed by atoms with E-state index in [0.29, 0.717) is 6.29 Å². The van der Waals surface area contributed by atoms with E-state index in [0.717, 1.165) is 5.56 Å². The summed E-state index contributed by atoms with van der Waals surface area (Å²) in [5, 5.41) is 18.3. The number of phenolic OH excluding ortho intramolecular Hbond substituents is 1. The molecule has 0 heterocycles. The molecular weight excluding hydrogens is 260 g/mol. The van der Waals surface area contributed by atoms with E-state index >= 15 is 0 Å². The van der Waals surface area contributed by atoms with Gasteiger partial charge in [0.2, 0.25) is 0 Å². The van der Waals surface area contributed by atoms with Gasteiger partial charge in [0.1, 0.15) is 18.1 Å². The Morgan fingerprint density at radius 1 is 1.15 bits per heavy atom. The highest BCUT2D eigenvalue weighted by Crippen LogP contribution is 2.26. The normalized spacial score (nSPS) is 10.0. The third kappa shape index (κ3) is 2.95. The van der Waals surface area contributed by atoms with E-state index in [2.05, 4.69) is 0 Å². The number of hydrogen-bond donors (Lipinski definition) is 2. The molecule has 2 rings (SSSR count). The molecule has 0 saturated heterocycles. The number of phenols is 1. The molecule has 0 amide bonds. The number of aromatic hydroxyl groups is 1. The minimum atomic E-state index is -0.992. The molecule has 0 bridgehead atoms. The fraction of sp³-hybridized carbons (Fsp3) is 0.0667. The first-order valence-corrected chi connectivity index (χ1v) is 5.84. The summed E-state index contributed by atoms with van der Waals surface area (Å²) >= 11 is 0. The van der Waals surface area contributed by atoms with Crippen molar-refractivity contribution in [2.45, 2.75) is 6.61 Å². The molecule has 0 aromatic heterocycles. The molecule has 0 atom stereocenters. The van der Waals surface area contributed by atoms with Crippen molar-refractivity contribution in [1.82, 2.24) is 0 Å². The number of hydrogen-bond acceptors (Lipinski definition) is 4. The average Bonchev–Trinajstić information content (AvgIpc) is 2.45. The molecule has 20 heavy (non-hydrogen) atoms. The summed E-state index contributed by atoms with van der Waals surface area (Å²) in [6, 6.07) is 10.8. The van der Waals surface area contributed by atoms with Crippen LogP contribution in [0.5, 0.6) is 11.5 Å². The fourth-order valence-electron chi connectivity index (χ4n) is 1.68. The van der Waals surface area contributed by atoms with Gasteiger partial charge in [-0.3, -0.25) is 4.79 Å². The summed E-state index contributed by atoms with van der Waals surface area (Å²) in [6.45, 7) is 0.171. The molecule has 0 saturated carbocycles. The van der Waals surface area contributed by atoms with Gasteiger partial charge in [0.25, 0.3) is 0 Å². The third-order valence-electron chi connectivity index (χ3n) is 2.76. The lowest BCUT2D eigenvalue weighted by Gasteiger charge is -2.09. The molecule has 2 N–H and O–H groups in total. The Bertz CT molecular complexity index is 631. The van der Waals surface area contributed by atoms with Gasteiger partial charge >= 0.3 is 5.97 Å². The van der Waals surface area contributed by atoms with E-state index in [1.54, 1.807) is 24.3 Å². The van der Waals surface area contributed by atoms with Crippen molar-refractivity contribution in [3.8, 4) is 11.5 Å². The Labute approximate surface area is 115 Å². The van der Waals surface area contributed by atoms with E-state index in [1.165, 1.54) is 18.2 Å². The van der Waals surface area contributed by atoms with Crippen molar-refractivity contribution >= 4 is 12.3 Å². The summed E-state index contributed by atoms with van der Waals surface area (Å²) in [5.41, 5.74) is 1.05. The molecule has 2 aromatic rings. The van der Waals surface area contributed by atoms with Crippen LogP contribution in [0.15, 0.2) is 42.5 Å². The highest BCUT2D eigenvalue weighted by atomic mass is 16.5.